The molecule has 7 heteroatoms. The maximum Gasteiger partial charge on any atom is 0.338 e. The predicted molar refractivity (Wildman–Crippen MR) is 74.4 cm³/mol. The summed E-state index contributed by atoms with van der Waals surface area (Å²) in [5.41, 5.74) is 3.02. The largest absolute Gasteiger partial charge is 0.376 e. The molecule has 1 aliphatic heterocycles. The fraction of sp³-hybridized carbons (Fsp3) is 0.462. The van der Waals surface area contributed by atoms with Crippen molar-refractivity contribution in [2.75, 3.05) is 13.2 Å². The van der Waals surface area contributed by atoms with Crippen LogP contribution in [0.15, 0.2) is 22.7 Å². The van der Waals surface area contributed by atoms with Crippen molar-refractivity contribution in [3.05, 3.63) is 34.1 Å². The Morgan fingerprint density at radius 1 is 1.55 bits per heavy atom. The molecule has 0 bridgehead atoms. The molecular weight excluding hydrogens is 331 g/mol. The van der Waals surface area contributed by atoms with E-state index < -0.39 is 6.03 Å². The van der Waals surface area contributed by atoms with Crippen molar-refractivity contribution in [1.29, 1.82) is 0 Å². The first-order valence-corrected chi connectivity index (χ1v) is 7.15. The van der Waals surface area contributed by atoms with Gasteiger partial charge in [-0.05, 0) is 30.5 Å². The third kappa shape index (κ3) is 4.73. The number of urea groups is 1. The zero-order valence-corrected chi connectivity index (χ0v) is 12.4. The number of nitrogens with one attached hydrogen (secondary N) is 2. The maximum absolute atomic E-state index is 12.9. The Morgan fingerprint density at radius 3 is 3.10 bits per heavy atom. The van der Waals surface area contributed by atoms with Gasteiger partial charge in [-0.2, -0.15) is 0 Å². The molecule has 1 aliphatic rings. The van der Waals surface area contributed by atoms with E-state index in [-0.39, 0.29) is 18.5 Å². The van der Waals surface area contributed by atoms with Gasteiger partial charge in [0.05, 0.1) is 6.10 Å². The average molecular weight is 347 g/mol. The van der Waals surface area contributed by atoms with Gasteiger partial charge >= 0.3 is 6.03 Å². The SMILES string of the molecule is O=C(NC[C@@H]1CCCO1)NOCc1ccc(F)cc1Br. The summed E-state index contributed by atoms with van der Waals surface area (Å²) in [5.74, 6) is -0.331. The number of rotatable bonds is 5. The van der Waals surface area contributed by atoms with Crippen molar-refractivity contribution in [3.63, 3.8) is 0 Å². The van der Waals surface area contributed by atoms with Crippen LogP contribution in [0.5, 0.6) is 0 Å². The van der Waals surface area contributed by atoms with Gasteiger partial charge in [0.2, 0.25) is 0 Å². The summed E-state index contributed by atoms with van der Waals surface area (Å²) >= 11 is 3.22. The van der Waals surface area contributed by atoms with Crippen LogP contribution in [0.2, 0.25) is 0 Å². The minimum atomic E-state index is -0.418. The van der Waals surface area contributed by atoms with Crippen molar-refractivity contribution >= 4 is 22.0 Å². The Hall–Kier alpha value is -1.18. The number of carbonyl (C=O) groups is 1. The lowest BCUT2D eigenvalue weighted by atomic mass is 10.2. The molecule has 1 heterocycles. The van der Waals surface area contributed by atoms with Crippen molar-refractivity contribution < 1.29 is 18.8 Å². The summed E-state index contributed by atoms with van der Waals surface area (Å²) in [6.45, 7) is 1.37. The van der Waals surface area contributed by atoms with Crippen molar-refractivity contribution in [3.8, 4) is 0 Å². The lowest BCUT2D eigenvalue weighted by molar-refractivity contribution is 0.0464. The third-order valence-electron chi connectivity index (χ3n) is 2.92. The predicted octanol–water partition coefficient (Wildman–Crippen LogP) is 2.50. The summed E-state index contributed by atoms with van der Waals surface area (Å²) in [7, 11) is 0. The summed E-state index contributed by atoms with van der Waals surface area (Å²) in [6.07, 6.45) is 2.08. The van der Waals surface area contributed by atoms with Gasteiger partial charge in [-0.1, -0.05) is 22.0 Å². The van der Waals surface area contributed by atoms with E-state index in [1.807, 2.05) is 0 Å². The molecule has 0 unspecified atom stereocenters. The molecule has 0 spiro atoms. The maximum atomic E-state index is 12.9. The van der Waals surface area contributed by atoms with E-state index in [1.165, 1.54) is 12.1 Å². The number of benzene rings is 1. The van der Waals surface area contributed by atoms with Gasteiger partial charge in [0.15, 0.2) is 0 Å². The molecule has 2 N–H and O–H groups in total. The molecule has 2 amide bonds. The molecule has 0 radical (unpaired) electrons. The topological polar surface area (TPSA) is 59.6 Å². The first-order valence-electron chi connectivity index (χ1n) is 6.36. The van der Waals surface area contributed by atoms with Crippen LogP contribution in [0.3, 0.4) is 0 Å². The fourth-order valence-electron chi connectivity index (χ4n) is 1.87. The molecule has 2 rings (SSSR count). The Kier molecular flexibility index (Phi) is 5.75. The van der Waals surface area contributed by atoms with E-state index in [0.29, 0.717) is 11.0 Å². The van der Waals surface area contributed by atoms with Gasteiger partial charge in [-0.3, -0.25) is 4.84 Å². The van der Waals surface area contributed by atoms with Crippen LogP contribution >= 0.6 is 15.9 Å². The highest BCUT2D eigenvalue weighted by Crippen LogP contribution is 2.18. The Labute approximate surface area is 124 Å². The second kappa shape index (κ2) is 7.56. The van der Waals surface area contributed by atoms with E-state index in [4.69, 9.17) is 9.57 Å². The highest BCUT2D eigenvalue weighted by molar-refractivity contribution is 9.10. The Balaban J connectivity index is 1.65. The second-order valence-corrected chi connectivity index (χ2v) is 5.33. The summed E-state index contributed by atoms with van der Waals surface area (Å²) in [5, 5.41) is 2.66. The number of carbonyl (C=O) groups excluding carboxylic acids is 1. The minimum absolute atomic E-state index is 0.0898. The van der Waals surface area contributed by atoms with E-state index in [1.54, 1.807) is 6.07 Å². The molecule has 1 atom stereocenters. The molecule has 0 aliphatic carbocycles. The highest BCUT2D eigenvalue weighted by atomic mass is 79.9. The molecule has 1 aromatic carbocycles. The van der Waals surface area contributed by atoms with Gasteiger partial charge in [0.25, 0.3) is 0 Å². The number of halogens is 2. The minimum Gasteiger partial charge on any atom is -0.376 e. The van der Waals surface area contributed by atoms with Crippen LogP contribution in [-0.4, -0.2) is 25.3 Å². The van der Waals surface area contributed by atoms with E-state index in [2.05, 4.69) is 26.7 Å². The van der Waals surface area contributed by atoms with E-state index >= 15 is 0 Å². The Bertz CT molecular complexity index is 467. The standard InChI is InChI=1S/C13H16BrFN2O3/c14-12-6-10(15)4-3-9(12)8-20-17-13(18)16-7-11-2-1-5-19-11/h3-4,6,11H,1-2,5,7-8H2,(H2,16,17,18)/t11-/m0/s1. The van der Waals surface area contributed by atoms with Crippen LogP contribution < -0.4 is 10.8 Å². The number of amides is 2. The van der Waals surface area contributed by atoms with Crippen molar-refractivity contribution in [2.24, 2.45) is 0 Å². The smallest absolute Gasteiger partial charge is 0.338 e. The van der Waals surface area contributed by atoms with Crippen molar-refractivity contribution in [2.45, 2.75) is 25.6 Å². The van der Waals surface area contributed by atoms with Gasteiger partial charge < -0.3 is 10.1 Å². The highest BCUT2D eigenvalue weighted by Gasteiger charge is 2.16. The second-order valence-electron chi connectivity index (χ2n) is 4.47. The molecular formula is C13H16BrFN2O3. The first kappa shape index (κ1) is 15.2. The molecule has 1 fully saturated rings. The number of ether oxygens (including phenoxy) is 1. The van der Waals surface area contributed by atoms with Gasteiger partial charge in [-0.15, -0.1) is 0 Å². The van der Waals surface area contributed by atoms with Crippen LogP contribution in [-0.2, 0) is 16.2 Å². The third-order valence-corrected chi connectivity index (χ3v) is 3.66. The van der Waals surface area contributed by atoms with Crippen molar-refractivity contribution in [1.82, 2.24) is 10.8 Å². The van der Waals surface area contributed by atoms with Gasteiger partial charge in [0.1, 0.15) is 12.4 Å². The molecule has 20 heavy (non-hydrogen) atoms. The quantitative estimate of drug-likeness (QED) is 0.805. The van der Waals surface area contributed by atoms with Gasteiger partial charge in [0, 0.05) is 17.6 Å². The van der Waals surface area contributed by atoms with Crippen LogP contribution in [0, 0.1) is 5.82 Å². The number of hydrogen-bond acceptors (Lipinski definition) is 3. The molecule has 1 saturated heterocycles. The lowest BCUT2D eigenvalue weighted by Crippen LogP contribution is -2.39. The molecule has 0 aromatic heterocycles. The monoisotopic (exact) mass is 346 g/mol. The number of hydroxylamine groups is 1. The normalized spacial score (nSPS) is 18.0. The van der Waals surface area contributed by atoms with E-state index in [9.17, 15) is 9.18 Å². The fourth-order valence-corrected chi connectivity index (χ4v) is 2.33. The molecule has 0 saturated carbocycles. The molecule has 110 valence electrons. The van der Waals surface area contributed by atoms with Gasteiger partial charge in [-0.25, -0.2) is 14.7 Å². The van der Waals surface area contributed by atoms with Crippen LogP contribution in [0.4, 0.5) is 9.18 Å². The zero-order valence-electron chi connectivity index (χ0n) is 10.8. The molecule has 1 aromatic rings. The van der Waals surface area contributed by atoms with Crippen LogP contribution in [0.1, 0.15) is 18.4 Å². The molecule has 5 nitrogen and oxygen atoms in total. The summed E-state index contributed by atoms with van der Waals surface area (Å²) < 4.78 is 18.9. The Morgan fingerprint density at radius 2 is 2.40 bits per heavy atom. The number of hydrogen-bond donors (Lipinski definition) is 2. The summed E-state index contributed by atoms with van der Waals surface area (Å²) in [6, 6.07) is 3.85. The lowest BCUT2D eigenvalue weighted by Gasteiger charge is -2.12. The van der Waals surface area contributed by atoms with E-state index in [0.717, 1.165) is 25.0 Å². The summed E-state index contributed by atoms with van der Waals surface area (Å²) in [4.78, 5) is 16.5. The first-order chi connectivity index (χ1) is 9.65. The average Bonchev–Trinajstić information content (AvgIpc) is 2.92. The van der Waals surface area contributed by atoms with Crippen LogP contribution in [0.25, 0.3) is 0 Å². The zero-order chi connectivity index (χ0) is 14.4.